The number of imide groups is 1. The van der Waals surface area contributed by atoms with Gasteiger partial charge in [-0.1, -0.05) is 11.6 Å². The molecule has 0 radical (unpaired) electrons. The Labute approximate surface area is 170 Å². The highest BCUT2D eigenvalue weighted by Crippen LogP contribution is 2.28. The minimum atomic E-state index is -0.765. The molecule has 1 unspecified atom stereocenters. The molecule has 0 bridgehead atoms. The zero-order valence-electron chi connectivity index (χ0n) is 16.9. The smallest absolute Gasteiger partial charge is 0.257 e. The van der Waals surface area contributed by atoms with E-state index in [0.29, 0.717) is 17.9 Å². The largest absolute Gasteiger partial charge is 0.330 e. The highest BCUT2D eigenvalue weighted by atomic mass is 16.2. The first-order valence-corrected chi connectivity index (χ1v) is 10.1. The molecule has 7 heteroatoms. The molecule has 29 heavy (non-hydrogen) atoms. The van der Waals surface area contributed by atoms with E-state index in [4.69, 9.17) is 0 Å². The number of anilines is 2. The third-order valence-electron chi connectivity index (χ3n) is 5.41. The van der Waals surface area contributed by atoms with Crippen LogP contribution >= 0.6 is 0 Å². The van der Waals surface area contributed by atoms with Gasteiger partial charge in [0.25, 0.3) is 5.91 Å². The summed E-state index contributed by atoms with van der Waals surface area (Å²) in [6.45, 7) is 3.30. The molecule has 1 aromatic rings. The molecule has 1 saturated heterocycles. The van der Waals surface area contributed by atoms with Crippen molar-refractivity contribution in [2.24, 2.45) is 0 Å². The van der Waals surface area contributed by atoms with Crippen LogP contribution in [0.5, 0.6) is 0 Å². The van der Waals surface area contributed by atoms with Crippen LogP contribution < -0.4 is 10.2 Å². The lowest BCUT2D eigenvalue weighted by Crippen LogP contribution is -2.45. The summed E-state index contributed by atoms with van der Waals surface area (Å²) >= 11 is 0. The summed E-state index contributed by atoms with van der Waals surface area (Å²) in [5.41, 5.74) is 2.35. The van der Waals surface area contributed by atoms with Gasteiger partial charge in [0.2, 0.25) is 17.7 Å². The van der Waals surface area contributed by atoms with E-state index in [2.05, 4.69) is 11.4 Å². The maximum Gasteiger partial charge on any atom is 0.257 e. The quantitative estimate of drug-likeness (QED) is 0.590. The molecule has 1 N–H and O–H groups in total. The molecular weight excluding hydrogens is 370 g/mol. The second kappa shape index (κ2) is 9.03. The van der Waals surface area contributed by atoms with Crippen LogP contribution in [0.3, 0.4) is 0 Å². The molecule has 154 valence electrons. The molecule has 1 fully saturated rings. The van der Waals surface area contributed by atoms with Crippen molar-refractivity contribution < 1.29 is 19.2 Å². The topological polar surface area (TPSA) is 86.8 Å². The molecule has 1 aliphatic carbocycles. The van der Waals surface area contributed by atoms with E-state index >= 15 is 0 Å². The number of amides is 4. The Hall–Kier alpha value is -2.96. The average molecular weight is 397 g/mol. The lowest BCUT2D eigenvalue weighted by molar-refractivity contribution is -0.136. The van der Waals surface area contributed by atoms with E-state index in [9.17, 15) is 19.2 Å². The van der Waals surface area contributed by atoms with Crippen LogP contribution in [0.15, 0.2) is 35.9 Å². The zero-order chi connectivity index (χ0) is 21.0. The third kappa shape index (κ3) is 4.91. The molecule has 2 aliphatic rings. The molecule has 0 spiro atoms. The summed E-state index contributed by atoms with van der Waals surface area (Å²) in [6, 6.07) is 5.76. The Morgan fingerprint density at radius 3 is 2.45 bits per heavy atom. The lowest BCUT2D eigenvalue weighted by Gasteiger charge is -2.27. The highest BCUT2D eigenvalue weighted by molar-refractivity contribution is 6.23. The Morgan fingerprint density at radius 2 is 1.86 bits per heavy atom. The van der Waals surface area contributed by atoms with Crippen molar-refractivity contribution in [1.82, 2.24) is 4.90 Å². The van der Waals surface area contributed by atoms with Crippen LogP contribution in [0.2, 0.25) is 0 Å². The Bertz CT molecular complexity index is 844. The van der Waals surface area contributed by atoms with Gasteiger partial charge in [0.15, 0.2) is 0 Å². The van der Waals surface area contributed by atoms with Gasteiger partial charge in [-0.05, 0) is 56.4 Å². The molecule has 1 aliphatic heterocycles. The molecule has 4 amide bonds. The fourth-order valence-corrected chi connectivity index (χ4v) is 3.96. The highest BCUT2D eigenvalue weighted by Gasteiger charge is 2.43. The summed E-state index contributed by atoms with van der Waals surface area (Å²) < 4.78 is 0. The number of rotatable bonds is 6. The van der Waals surface area contributed by atoms with Crippen molar-refractivity contribution >= 4 is 35.0 Å². The van der Waals surface area contributed by atoms with Gasteiger partial charge in [0, 0.05) is 26.1 Å². The van der Waals surface area contributed by atoms with Gasteiger partial charge in [-0.2, -0.15) is 0 Å². The monoisotopic (exact) mass is 397 g/mol. The Morgan fingerprint density at radius 1 is 1.14 bits per heavy atom. The van der Waals surface area contributed by atoms with Gasteiger partial charge < -0.3 is 10.2 Å². The van der Waals surface area contributed by atoms with E-state index in [1.165, 1.54) is 30.7 Å². The minimum Gasteiger partial charge on any atom is -0.330 e. The summed E-state index contributed by atoms with van der Waals surface area (Å²) in [5, 5.41) is 2.65. The fourth-order valence-electron chi connectivity index (χ4n) is 3.96. The van der Waals surface area contributed by atoms with Crippen molar-refractivity contribution in [1.29, 1.82) is 0 Å². The molecular formula is C22H27N3O4. The van der Waals surface area contributed by atoms with E-state index in [0.717, 1.165) is 30.6 Å². The second-order valence-electron chi connectivity index (χ2n) is 7.59. The number of hydrogen-bond acceptors (Lipinski definition) is 4. The normalized spacial score (nSPS) is 19.2. The molecule has 3 rings (SSSR count). The molecule has 7 nitrogen and oxygen atoms in total. The van der Waals surface area contributed by atoms with E-state index in [1.54, 1.807) is 24.3 Å². The van der Waals surface area contributed by atoms with Crippen LogP contribution in [0.25, 0.3) is 0 Å². The first-order chi connectivity index (χ1) is 13.9. The van der Waals surface area contributed by atoms with Gasteiger partial charge in [-0.3, -0.25) is 19.2 Å². The van der Waals surface area contributed by atoms with E-state index < -0.39 is 6.04 Å². The number of carbonyl (C=O) groups is 4. The van der Waals surface area contributed by atoms with Crippen LogP contribution in [0.1, 0.15) is 52.4 Å². The molecule has 1 heterocycles. The molecule has 0 saturated carbocycles. The number of hydrogen-bond donors (Lipinski definition) is 1. The van der Waals surface area contributed by atoms with Gasteiger partial charge in [-0.25, -0.2) is 4.90 Å². The first-order valence-electron chi connectivity index (χ1n) is 10.1. The standard InChI is InChI=1S/C22H27N3O4/c1-15(26)23-18-8-10-19(11-9-18)25-21(28)14-20(22(25)29)24(16(2)27)13-12-17-6-4-3-5-7-17/h6,8-11,20H,3-5,7,12-14H2,1-2H3,(H,23,26). The van der Waals surface area contributed by atoms with Crippen molar-refractivity contribution in [2.75, 3.05) is 16.8 Å². The maximum atomic E-state index is 13.0. The number of nitrogens with zero attached hydrogens (tertiary/aromatic N) is 2. The average Bonchev–Trinajstić information content (AvgIpc) is 2.97. The van der Waals surface area contributed by atoms with Crippen LogP contribution in [-0.4, -0.2) is 41.1 Å². The van der Waals surface area contributed by atoms with Crippen molar-refractivity contribution in [3.8, 4) is 0 Å². The molecule has 1 atom stereocenters. The lowest BCUT2D eigenvalue weighted by atomic mass is 9.97. The van der Waals surface area contributed by atoms with Crippen molar-refractivity contribution in [3.05, 3.63) is 35.9 Å². The summed E-state index contributed by atoms with van der Waals surface area (Å²) in [6.07, 6.45) is 7.43. The summed E-state index contributed by atoms with van der Waals surface area (Å²) in [5.74, 6) is -1.10. The van der Waals surface area contributed by atoms with Crippen LogP contribution in [0, 0.1) is 0 Å². The second-order valence-corrected chi connectivity index (χ2v) is 7.59. The molecule has 0 aromatic heterocycles. The van der Waals surface area contributed by atoms with Crippen LogP contribution in [0.4, 0.5) is 11.4 Å². The maximum absolute atomic E-state index is 13.0. The third-order valence-corrected chi connectivity index (χ3v) is 5.41. The van der Waals surface area contributed by atoms with Crippen LogP contribution in [-0.2, 0) is 19.2 Å². The van der Waals surface area contributed by atoms with E-state index in [1.807, 2.05) is 0 Å². The summed E-state index contributed by atoms with van der Waals surface area (Å²) in [7, 11) is 0. The van der Waals surface area contributed by atoms with Gasteiger partial charge >= 0.3 is 0 Å². The van der Waals surface area contributed by atoms with Gasteiger partial charge in [-0.15, -0.1) is 0 Å². The van der Waals surface area contributed by atoms with Crippen molar-refractivity contribution in [2.45, 2.75) is 58.4 Å². The van der Waals surface area contributed by atoms with Gasteiger partial charge in [0.05, 0.1) is 12.1 Å². The predicted octanol–water partition coefficient (Wildman–Crippen LogP) is 3.02. The molecule has 1 aromatic carbocycles. The van der Waals surface area contributed by atoms with E-state index in [-0.39, 0.29) is 30.0 Å². The number of carbonyl (C=O) groups excluding carboxylic acids is 4. The number of benzene rings is 1. The minimum absolute atomic E-state index is 0.00902. The van der Waals surface area contributed by atoms with Crippen molar-refractivity contribution in [3.63, 3.8) is 0 Å². The summed E-state index contributed by atoms with van der Waals surface area (Å²) in [4.78, 5) is 51.6. The van der Waals surface area contributed by atoms with Gasteiger partial charge in [0.1, 0.15) is 6.04 Å². The Kier molecular flexibility index (Phi) is 6.46. The predicted molar refractivity (Wildman–Crippen MR) is 110 cm³/mol. The number of allylic oxidation sites excluding steroid dienone is 1. The SMILES string of the molecule is CC(=O)Nc1ccc(N2C(=O)CC(N(CCC3=CCCCC3)C(C)=O)C2=O)cc1. The first kappa shape index (κ1) is 20.8. The number of nitrogens with one attached hydrogen (secondary N) is 1. The Balaban J connectivity index is 1.72. The fraction of sp³-hybridized carbons (Fsp3) is 0.455. The zero-order valence-corrected chi connectivity index (χ0v) is 16.9.